The lowest BCUT2D eigenvalue weighted by atomic mass is 9.93. The van der Waals surface area contributed by atoms with Crippen LogP contribution in [-0.2, 0) is 13.0 Å². The Bertz CT molecular complexity index is 1360. The normalized spacial score (nSPS) is 14.7. The standard InChI is InChI=1S/C31H36FN5O/c32-25-13-11-24(12-14-25)22-37-29-10-4-3-9-28(29)35-30(37)21-23-15-19-36(20-16-23)18-6-5-17-34-31(38)26-7-1-2-8-27(26)33/h1-4,7-14,23H,5-6,15-22,33H2,(H,34,38). The topological polar surface area (TPSA) is 76.2 Å². The molecule has 1 amide bonds. The number of hydrogen-bond donors (Lipinski definition) is 2. The van der Waals surface area contributed by atoms with Gasteiger partial charge in [0, 0.05) is 25.2 Å². The van der Waals surface area contributed by atoms with Gasteiger partial charge in [-0.1, -0.05) is 36.4 Å². The Hall–Kier alpha value is -3.71. The number of carbonyl (C=O) groups is 1. The number of fused-ring (bicyclic) bond motifs is 1. The molecular formula is C31H36FN5O. The van der Waals surface area contributed by atoms with E-state index in [1.54, 1.807) is 12.1 Å². The average molecular weight is 514 g/mol. The van der Waals surface area contributed by atoms with Gasteiger partial charge in [-0.3, -0.25) is 4.79 Å². The highest BCUT2D eigenvalue weighted by Crippen LogP contribution is 2.25. The second-order valence-electron chi connectivity index (χ2n) is 10.3. The number of nitrogen functional groups attached to an aromatic ring is 1. The third-order valence-corrected chi connectivity index (χ3v) is 7.56. The van der Waals surface area contributed by atoms with Crippen LogP contribution in [0.4, 0.5) is 10.1 Å². The molecule has 0 saturated carbocycles. The Kier molecular flexibility index (Phi) is 8.34. The summed E-state index contributed by atoms with van der Waals surface area (Å²) in [5.74, 6) is 1.40. The Morgan fingerprint density at radius 3 is 2.50 bits per heavy atom. The molecule has 38 heavy (non-hydrogen) atoms. The maximum atomic E-state index is 13.4. The van der Waals surface area contributed by atoms with Crippen molar-refractivity contribution in [2.75, 3.05) is 31.9 Å². The lowest BCUT2D eigenvalue weighted by Crippen LogP contribution is -2.35. The number of hydrogen-bond acceptors (Lipinski definition) is 4. The minimum Gasteiger partial charge on any atom is -0.398 e. The van der Waals surface area contributed by atoms with Crippen molar-refractivity contribution in [3.8, 4) is 0 Å². The summed E-state index contributed by atoms with van der Waals surface area (Å²) in [5.41, 5.74) is 10.2. The molecule has 0 atom stereocenters. The van der Waals surface area contributed by atoms with Gasteiger partial charge in [-0.2, -0.15) is 0 Å². The predicted octanol–water partition coefficient (Wildman–Crippen LogP) is 5.27. The number of halogens is 1. The number of amides is 1. The molecule has 1 fully saturated rings. The van der Waals surface area contributed by atoms with Crippen LogP contribution in [-0.4, -0.2) is 46.5 Å². The van der Waals surface area contributed by atoms with Crippen LogP contribution in [0.3, 0.4) is 0 Å². The molecule has 1 aliphatic heterocycles. The number of nitrogens with zero attached hydrogens (tertiary/aromatic N) is 3. The highest BCUT2D eigenvalue weighted by atomic mass is 19.1. The molecule has 0 radical (unpaired) electrons. The first-order chi connectivity index (χ1) is 18.6. The van der Waals surface area contributed by atoms with Crippen LogP contribution in [0, 0.1) is 11.7 Å². The predicted molar refractivity (Wildman–Crippen MR) is 151 cm³/mol. The van der Waals surface area contributed by atoms with E-state index in [2.05, 4.69) is 33.0 Å². The molecule has 1 saturated heterocycles. The molecule has 0 unspecified atom stereocenters. The van der Waals surface area contributed by atoms with Crippen molar-refractivity contribution >= 4 is 22.6 Å². The summed E-state index contributed by atoms with van der Waals surface area (Å²) in [4.78, 5) is 19.8. The molecule has 4 aromatic rings. The lowest BCUT2D eigenvalue weighted by molar-refractivity contribution is 0.0953. The number of imidazole rings is 1. The Labute approximate surface area is 223 Å². The van der Waals surface area contributed by atoms with Gasteiger partial charge >= 0.3 is 0 Å². The summed E-state index contributed by atoms with van der Waals surface area (Å²) in [5, 5.41) is 2.98. The third-order valence-electron chi connectivity index (χ3n) is 7.56. The Balaban J connectivity index is 1.09. The molecule has 0 aliphatic carbocycles. The molecular weight excluding hydrogens is 477 g/mol. The van der Waals surface area contributed by atoms with E-state index in [0.717, 1.165) is 74.2 Å². The molecule has 5 rings (SSSR count). The van der Waals surface area contributed by atoms with E-state index in [1.807, 2.05) is 30.3 Å². The van der Waals surface area contributed by atoms with Crippen LogP contribution in [0.1, 0.15) is 47.4 Å². The number of piperidine rings is 1. The molecule has 3 N–H and O–H groups in total. The molecule has 0 bridgehead atoms. The van der Waals surface area contributed by atoms with Gasteiger partial charge in [0.1, 0.15) is 11.6 Å². The average Bonchev–Trinajstić information content (AvgIpc) is 3.27. The molecule has 6 nitrogen and oxygen atoms in total. The zero-order valence-electron chi connectivity index (χ0n) is 21.8. The van der Waals surface area contributed by atoms with Crippen molar-refractivity contribution in [3.05, 3.63) is 95.6 Å². The van der Waals surface area contributed by atoms with Crippen molar-refractivity contribution in [2.45, 2.75) is 38.6 Å². The number of benzene rings is 3. The molecule has 198 valence electrons. The Morgan fingerprint density at radius 1 is 0.974 bits per heavy atom. The number of aromatic nitrogens is 2. The highest BCUT2D eigenvalue weighted by molar-refractivity contribution is 5.99. The van der Waals surface area contributed by atoms with Gasteiger partial charge in [-0.15, -0.1) is 0 Å². The van der Waals surface area contributed by atoms with Crippen molar-refractivity contribution in [2.24, 2.45) is 5.92 Å². The number of carbonyl (C=O) groups excluding carboxylic acids is 1. The monoisotopic (exact) mass is 513 g/mol. The summed E-state index contributed by atoms with van der Waals surface area (Å²) in [6.45, 7) is 4.60. The highest BCUT2D eigenvalue weighted by Gasteiger charge is 2.22. The summed E-state index contributed by atoms with van der Waals surface area (Å²) < 4.78 is 15.7. The van der Waals surface area contributed by atoms with Gasteiger partial charge in [0.15, 0.2) is 0 Å². The minimum atomic E-state index is -0.210. The molecule has 7 heteroatoms. The molecule has 1 aromatic heterocycles. The number of rotatable bonds is 10. The van der Waals surface area contributed by atoms with Gasteiger partial charge in [-0.25, -0.2) is 9.37 Å². The maximum Gasteiger partial charge on any atom is 0.253 e. The number of likely N-dealkylation sites (tertiary alicyclic amines) is 1. The van der Waals surface area contributed by atoms with E-state index in [1.165, 1.54) is 12.1 Å². The largest absolute Gasteiger partial charge is 0.398 e. The van der Waals surface area contributed by atoms with E-state index in [4.69, 9.17) is 10.7 Å². The fourth-order valence-corrected chi connectivity index (χ4v) is 5.36. The number of para-hydroxylation sites is 3. The van der Waals surface area contributed by atoms with Crippen LogP contribution in [0.2, 0.25) is 0 Å². The molecule has 2 heterocycles. The van der Waals surface area contributed by atoms with Crippen LogP contribution in [0.15, 0.2) is 72.8 Å². The zero-order chi connectivity index (χ0) is 26.3. The maximum absolute atomic E-state index is 13.4. The van der Waals surface area contributed by atoms with Crippen LogP contribution in [0.5, 0.6) is 0 Å². The fourth-order valence-electron chi connectivity index (χ4n) is 5.36. The van der Waals surface area contributed by atoms with Crippen molar-refractivity contribution in [1.29, 1.82) is 0 Å². The van der Waals surface area contributed by atoms with Crippen molar-refractivity contribution in [3.63, 3.8) is 0 Å². The lowest BCUT2D eigenvalue weighted by Gasteiger charge is -2.32. The van der Waals surface area contributed by atoms with E-state index < -0.39 is 0 Å². The first kappa shape index (κ1) is 25.9. The molecule has 1 aliphatic rings. The number of nitrogens with two attached hydrogens (primary N) is 1. The third kappa shape index (κ3) is 6.40. The van der Waals surface area contributed by atoms with Crippen molar-refractivity contribution < 1.29 is 9.18 Å². The van der Waals surface area contributed by atoms with Crippen LogP contribution < -0.4 is 11.1 Å². The first-order valence-electron chi connectivity index (χ1n) is 13.6. The van der Waals surface area contributed by atoms with E-state index in [-0.39, 0.29) is 11.7 Å². The second-order valence-corrected chi connectivity index (χ2v) is 10.3. The van der Waals surface area contributed by atoms with Gasteiger partial charge < -0.3 is 20.5 Å². The Morgan fingerprint density at radius 2 is 1.71 bits per heavy atom. The summed E-state index contributed by atoms with van der Waals surface area (Å²) in [6, 6.07) is 22.2. The first-order valence-corrected chi connectivity index (χ1v) is 13.6. The van der Waals surface area contributed by atoms with Gasteiger partial charge in [0.25, 0.3) is 5.91 Å². The summed E-state index contributed by atoms with van der Waals surface area (Å²) in [6.07, 6.45) is 5.28. The minimum absolute atomic E-state index is 0.102. The number of unbranched alkanes of at least 4 members (excludes halogenated alkanes) is 1. The summed E-state index contributed by atoms with van der Waals surface area (Å²) in [7, 11) is 0. The van der Waals surface area contributed by atoms with E-state index in [9.17, 15) is 9.18 Å². The smallest absolute Gasteiger partial charge is 0.253 e. The number of anilines is 1. The second kappa shape index (κ2) is 12.2. The van der Waals surface area contributed by atoms with Crippen LogP contribution in [0.25, 0.3) is 11.0 Å². The molecule has 0 spiro atoms. The van der Waals surface area contributed by atoms with E-state index >= 15 is 0 Å². The summed E-state index contributed by atoms with van der Waals surface area (Å²) >= 11 is 0. The van der Waals surface area contributed by atoms with Crippen LogP contribution >= 0.6 is 0 Å². The zero-order valence-corrected chi connectivity index (χ0v) is 21.8. The van der Waals surface area contributed by atoms with Gasteiger partial charge in [0.2, 0.25) is 0 Å². The fraction of sp³-hybridized carbons (Fsp3) is 0.355. The van der Waals surface area contributed by atoms with E-state index in [0.29, 0.717) is 30.3 Å². The van der Waals surface area contributed by atoms with Crippen molar-refractivity contribution in [1.82, 2.24) is 19.8 Å². The molecule has 3 aromatic carbocycles. The SMILES string of the molecule is Nc1ccccc1C(=O)NCCCCN1CCC(Cc2nc3ccccc3n2Cc2ccc(F)cc2)CC1. The van der Waals surface area contributed by atoms with Gasteiger partial charge in [-0.05, 0) is 93.2 Å². The number of nitrogens with one attached hydrogen (secondary N) is 1. The quantitative estimate of drug-likeness (QED) is 0.224. The van der Waals surface area contributed by atoms with Gasteiger partial charge in [0.05, 0.1) is 16.6 Å².